The molecule has 0 radical (unpaired) electrons. The summed E-state index contributed by atoms with van der Waals surface area (Å²) in [5.74, 6) is 1.59. The molecule has 0 aliphatic rings. The van der Waals surface area contributed by atoms with Gasteiger partial charge in [0.1, 0.15) is 12.4 Å². The maximum Gasteiger partial charge on any atom is 0.256 e. The van der Waals surface area contributed by atoms with Gasteiger partial charge >= 0.3 is 0 Å². The Labute approximate surface area is 234 Å². The fourth-order valence-electron chi connectivity index (χ4n) is 5.77. The zero-order chi connectivity index (χ0) is 26.7. The average molecular weight is 518 g/mol. The van der Waals surface area contributed by atoms with E-state index in [1.165, 1.54) is 186 Å². The van der Waals surface area contributed by atoms with Crippen LogP contribution < -0.4 is 4.57 Å². The summed E-state index contributed by atoms with van der Waals surface area (Å²) in [4.78, 5) is 0. The third kappa shape index (κ3) is 19.9. The quantitative estimate of drug-likeness (QED) is 0.0737. The lowest BCUT2D eigenvalue weighted by atomic mass is 10.0. The third-order valence-electron chi connectivity index (χ3n) is 8.35. The number of aryl methyl sites for hydroxylation is 2. The maximum absolute atomic E-state index is 2.59. The minimum Gasteiger partial charge on any atom is -0.234 e. The molecule has 1 rings (SSSR count). The number of aromatic nitrogens is 2. The predicted octanol–water partition coefficient (Wildman–Crippen LogP) is 11.5. The summed E-state index contributed by atoms with van der Waals surface area (Å²) in [6, 6.07) is 0. The van der Waals surface area contributed by atoms with Crippen LogP contribution in [0, 0.1) is 0 Å². The van der Waals surface area contributed by atoms with E-state index in [2.05, 4.69) is 42.3 Å². The Kier molecular flexibility index (Phi) is 24.8. The van der Waals surface area contributed by atoms with Crippen LogP contribution in [-0.4, -0.2) is 4.57 Å². The molecule has 0 saturated heterocycles. The van der Waals surface area contributed by atoms with Crippen molar-refractivity contribution in [1.29, 1.82) is 0 Å². The topological polar surface area (TPSA) is 8.81 Å². The minimum atomic E-state index is 1.22. The fourth-order valence-corrected chi connectivity index (χ4v) is 5.77. The van der Waals surface area contributed by atoms with E-state index < -0.39 is 0 Å². The molecule has 218 valence electrons. The van der Waals surface area contributed by atoms with Gasteiger partial charge in [0.2, 0.25) is 0 Å². The van der Waals surface area contributed by atoms with Crippen molar-refractivity contribution >= 4 is 0 Å². The highest BCUT2D eigenvalue weighted by atomic mass is 15.1. The van der Waals surface area contributed by atoms with Gasteiger partial charge in [0.25, 0.3) is 5.82 Å². The van der Waals surface area contributed by atoms with Crippen molar-refractivity contribution in [2.45, 2.75) is 207 Å². The Morgan fingerprint density at radius 2 is 0.838 bits per heavy atom. The molecule has 0 aliphatic heterocycles. The molecule has 1 aromatic heterocycles. The molecule has 37 heavy (non-hydrogen) atoms. The molecule has 0 atom stereocenters. The lowest BCUT2D eigenvalue weighted by molar-refractivity contribution is -0.704. The van der Waals surface area contributed by atoms with Crippen LogP contribution in [0.1, 0.15) is 194 Å². The largest absolute Gasteiger partial charge is 0.256 e. The first-order valence-corrected chi connectivity index (χ1v) is 17.4. The van der Waals surface area contributed by atoms with Gasteiger partial charge < -0.3 is 0 Å². The SMILES string of the molecule is CCCCCCCCCCCCCCCCCn1cc[n+](CCCCCCCCCCC)c1CCCC. The van der Waals surface area contributed by atoms with E-state index in [4.69, 9.17) is 0 Å². The summed E-state index contributed by atoms with van der Waals surface area (Å²) < 4.78 is 5.17. The van der Waals surface area contributed by atoms with Gasteiger partial charge in [-0.1, -0.05) is 156 Å². The second-order valence-corrected chi connectivity index (χ2v) is 12.0. The molecule has 0 aliphatic carbocycles. The number of rotatable bonds is 29. The smallest absolute Gasteiger partial charge is 0.234 e. The van der Waals surface area contributed by atoms with E-state index in [1.807, 2.05) is 0 Å². The number of unbranched alkanes of at least 4 members (excludes halogenated alkanes) is 23. The summed E-state index contributed by atoms with van der Waals surface area (Å²) in [6.45, 7) is 9.39. The average Bonchev–Trinajstić information content (AvgIpc) is 3.29. The number of hydrogen-bond donors (Lipinski definition) is 0. The second-order valence-electron chi connectivity index (χ2n) is 12.0. The lowest BCUT2D eigenvalue weighted by Gasteiger charge is -2.06. The molecule has 0 amide bonds. The number of hydrogen-bond acceptors (Lipinski definition) is 0. The maximum atomic E-state index is 2.59. The molecule has 0 N–H and O–H groups in total. The van der Waals surface area contributed by atoms with E-state index in [0.29, 0.717) is 0 Å². The molecule has 0 bridgehead atoms. The summed E-state index contributed by atoms with van der Waals surface area (Å²) in [6.07, 6.45) is 43.0. The van der Waals surface area contributed by atoms with Crippen molar-refractivity contribution in [1.82, 2.24) is 4.57 Å². The van der Waals surface area contributed by atoms with Crippen LogP contribution in [0.15, 0.2) is 12.4 Å². The molecular formula is C35H69N2+. The zero-order valence-electron chi connectivity index (χ0n) is 26.1. The molecule has 0 unspecified atom stereocenters. The molecule has 0 spiro atoms. The molecule has 1 aromatic rings. The van der Waals surface area contributed by atoms with Crippen molar-refractivity contribution in [3.8, 4) is 0 Å². The molecule has 0 saturated carbocycles. The normalized spacial score (nSPS) is 11.5. The Hall–Kier alpha value is -0.790. The Morgan fingerprint density at radius 3 is 1.27 bits per heavy atom. The van der Waals surface area contributed by atoms with Crippen molar-refractivity contribution in [2.24, 2.45) is 0 Å². The highest BCUT2D eigenvalue weighted by Gasteiger charge is 2.16. The van der Waals surface area contributed by atoms with Gasteiger partial charge in [0.05, 0.1) is 13.1 Å². The summed E-state index contributed by atoms with van der Waals surface area (Å²) in [5.41, 5.74) is 0. The van der Waals surface area contributed by atoms with E-state index in [-0.39, 0.29) is 0 Å². The van der Waals surface area contributed by atoms with Crippen LogP contribution >= 0.6 is 0 Å². The van der Waals surface area contributed by atoms with Gasteiger partial charge in [-0.05, 0) is 32.1 Å². The molecule has 1 heterocycles. The first-order chi connectivity index (χ1) is 18.3. The Morgan fingerprint density at radius 1 is 0.459 bits per heavy atom. The van der Waals surface area contributed by atoms with Crippen molar-refractivity contribution in [3.63, 3.8) is 0 Å². The molecule has 0 aromatic carbocycles. The van der Waals surface area contributed by atoms with E-state index in [0.717, 1.165) is 0 Å². The van der Waals surface area contributed by atoms with Gasteiger partial charge in [-0.2, -0.15) is 0 Å². The van der Waals surface area contributed by atoms with Gasteiger partial charge in [0, 0.05) is 6.42 Å². The van der Waals surface area contributed by atoms with E-state index in [1.54, 1.807) is 5.82 Å². The number of imidazole rings is 1. The first kappa shape index (κ1) is 34.2. The van der Waals surface area contributed by atoms with Gasteiger partial charge in [-0.25, -0.2) is 9.13 Å². The Balaban J connectivity index is 2.09. The van der Waals surface area contributed by atoms with Crippen LogP contribution in [0.3, 0.4) is 0 Å². The summed E-state index contributed by atoms with van der Waals surface area (Å²) in [5, 5.41) is 0. The zero-order valence-corrected chi connectivity index (χ0v) is 26.1. The highest BCUT2D eigenvalue weighted by Crippen LogP contribution is 2.14. The van der Waals surface area contributed by atoms with Crippen LogP contribution in [0.5, 0.6) is 0 Å². The fraction of sp³-hybridized carbons (Fsp3) is 0.914. The highest BCUT2D eigenvalue weighted by molar-refractivity contribution is 4.84. The molecular weight excluding hydrogens is 448 g/mol. The van der Waals surface area contributed by atoms with Gasteiger partial charge in [-0.15, -0.1) is 0 Å². The third-order valence-corrected chi connectivity index (χ3v) is 8.35. The van der Waals surface area contributed by atoms with Crippen LogP contribution in [-0.2, 0) is 19.5 Å². The lowest BCUT2D eigenvalue weighted by Crippen LogP contribution is -2.37. The van der Waals surface area contributed by atoms with Crippen LogP contribution in [0.2, 0.25) is 0 Å². The first-order valence-electron chi connectivity index (χ1n) is 17.4. The second kappa shape index (κ2) is 26.8. The van der Waals surface area contributed by atoms with Crippen molar-refractivity contribution in [2.75, 3.05) is 0 Å². The standard InChI is InChI=1S/C35H69N2/c1-4-7-10-12-14-16-17-18-19-20-21-23-25-27-29-32-37-34-33-36(35(37)30-9-6-3)31-28-26-24-22-15-13-11-8-5-2/h33-34H,4-32H2,1-3H3/q+1. The molecule has 2 heteroatoms. The van der Waals surface area contributed by atoms with Gasteiger partial charge in [0.15, 0.2) is 0 Å². The molecule has 2 nitrogen and oxygen atoms in total. The molecule has 0 fully saturated rings. The summed E-state index contributed by atoms with van der Waals surface area (Å²) in [7, 11) is 0. The van der Waals surface area contributed by atoms with Crippen LogP contribution in [0.4, 0.5) is 0 Å². The van der Waals surface area contributed by atoms with E-state index >= 15 is 0 Å². The van der Waals surface area contributed by atoms with Crippen LogP contribution in [0.25, 0.3) is 0 Å². The predicted molar refractivity (Wildman–Crippen MR) is 165 cm³/mol. The monoisotopic (exact) mass is 518 g/mol. The van der Waals surface area contributed by atoms with Crippen molar-refractivity contribution in [3.05, 3.63) is 18.2 Å². The number of nitrogens with zero attached hydrogens (tertiary/aromatic N) is 2. The van der Waals surface area contributed by atoms with Gasteiger partial charge in [-0.3, -0.25) is 0 Å². The van der Waals surface area contributed by atoms with E-state index in [9.17, 15) is 0 Å². The Bertz CT molecular complexity index is 576. The summed E-state index contributed by atoms with van der Waals surface area (Å²) >= 11 is 0. The minimum absolute atomic E-state index is 1.22. The van der Waals surface area contributed by atoms with Crippen molar-refractivity contribution < 1.29 is 4.57 Å².